The first-order valence-electron chi connectivity index (χ1n) is 17.9. The molecule has 0 saturated heterocycles. The fraction of sp³-hybridized carbons (Fsp3) is 0.140. The highest BCUT2D eigenvalue weighted by Crippen LogP contribution is 2.50. The summed E-state index contributed by atoms with van der Waals surface area (Å²) in [6.45, 7) is 0.205. The predicted octanol–water partition coefficient (Wildman–Crippen LogP) is 9.22. The molecule has 0 unspecified atom stereocenters. The molecule has 8 rings (SSSR count). The molecule has 0 aliphatic carbocycles. The highest BCUT2D eigenvalue weighted by Gasteiger charge is 2.33. The molecular weight excluding hydrogens is 842 g/mol. The number of aromatic nitrogens is 1. The van der Waals surface area contributed by atoms with E-state index in [9.17, 15) is 49.5 Å². The molecule has 1 aliphatic heterocycles. The Balaban J connectivity index is 1.35. The van der Waals surface area contributed by atoms with E-state index in [4.69, 9.17) is 32.8 Å². The number of methoxy groups -OCH3 is 4. The molecule has 318 valence electrons. The molecule has 0 saturated carbocycles. The second-order valence-electron chi connectivity index (χ2n) is 13.4. The van der Waals surface area contributed by atoms with Crippen LogP contribution in [0.4, 0.5) is 35.1 Å². The van der Waals surface area contributed by atoms with E-state index in [-0.39, 0.29) is 63.4 Å². The zero-order chi connectivity index (χ0) is 44.5. The van der Waals surface area contributed by atoms with Gasteiger partial charge in [-0.05, 0) is 60.0 Å². The maximum Gasteiger partial charge on any atom is 0.361 e. The van der Waals surface area contributed by atoms with Crippen LogP contribution in [-0.4, -0.2) is 44.9 Å². The van der Waals surface area contributed by atoms with Crippen LogP contribution in [0.2, 0.25) is 0 Å². The van der Waals surface area contributed by atoms with E-state index in [2.05, 4.69) is 0 Å². The lowest BCUT2D eigenvalue weighted by atomic mass is 9.91. The van der Waals surface area contributed by atoms with Crippen molar-refractivity contribution in [2.75, 3.05) is 28.4 Å². The van der Waals surface area contributed by atoms with Crippen LogP contribution < -0.4 is 34.0 Å². The molecule has 11 nitrogen and oxygen atoms in total. The summed E-state index contributed by atoms with van der Waals surface area (Å²) in [5.41, 5.74) is -1.30. The molecule has 0 radical (unpaired) electrons. The standard InChI is InChI=1S/C43H25F8NO10/c1-56-26-10-17(5-6-24(26)60-41(53)20-11-22(44)35(48)37(50)33(20)46)31-32-19-14-29(59-4)30(62-42(54)21-12-23(45)36(49)38(51)34(21)47)15-25(19)61-43(55)40(32)52-8-7-16-9-27(57-2)28(58-3)13-18(16)39(31)52/h5-6,9-15H,7-8H2,1-4H3. The van der Waals surface area contributed by atoms with Gasteiger partial charge in [0.2, 0.25) is 0 Å². The Labute approximate surface area is 342 Å². The highest BCUT2D eigenvalue weighted by atomic mass is 19.2. The van der Waals surface area contributed by atoms with Crippen molar-refractivity contribution in [1.82, 2.24) is 4.57 Å². The van der Waals surface area contributed by atoms with Crippen molar-refractivity contribution >= 4 is 33.8 Å². The van der Waals surface area contributed by atoms with Crippen LogP contribution >= 0.6 is 0 Å². The zero-order valence-corrected chi connectivity index (χ0v) is 32.2. The van der Waals surface area contributed by atoms with E-state index in [1.807, 2.05) is 0 Å². The molecule has 1 aliphatic rings. The maximum atomic E-state index is 14.6. The van der Waals surface area contributed by atoms with Gasteiger partial charge in [-0.3, -0.25) is 0 Å². The average molecular weight is 868 g/mol. The molecule has 0 N–H and O–H groups in total. The van der Waals surface area contributed by atoms with Gasteiger partial charge in [0.05, 0.1) is 34.1 Å². The van der Waals surface area contributed by atoms with Crippen molar-refractivity contribution < 1.29 is 77.6 Å². The van der Waals surface area contributed by atoms with Gasteiger partial charge in [-0.1, -0.05) is 6.07 Å². The van der Waals surface area contributed by atoms with E-state index < -0.39 is 81.0 Å². The molecule has 3 heterocycles. The molecule has 5 aromatic carbocycles. The molecule has 0 spiro atoms. The topological polar surface area (TPSA) is 125 Å². The number of halogens is 8. The molecule has 0 bridgehead atoms. The smallest absolute Gasteiger partial charge is 0.361 e. The van der Waals surface area contributed by atoms with Crippen molar-refractivity contribution in [3.8, 4) is 56.9 Å². The number of hydrogen-bond acceptors (Lipinski definition) is 10. The van der Waals surface area contributed by atoms with E-state index in [0.717, 1.165) is 11.6 Å². The van der Waals surface area contributed by atoms with E-state index >= 15 is 0 Å². The minimum Gasteiger partial charge on any atom is -0.493 e. The van der Waals surface area contributed by atoms with Crippen LogP contribution in [0.1, 0.15) is 26.3 Å². The quantitative estimate of drug-likeness (QED) is 0.0347. The Morgan fingerprint density at radius 1 is 0.597 bits per heavy atom. The van der Waals surface area contributed by atoms with Crippen LogP contribution in [0.25, 0.3) is 44.3 Å². The number of esters is 2. The number of carbonyl (C=O) groups is 2. The monoisotopic (exact) mass is 867 g/mol. The third kappa shape index (κ3) is 6.47. The number of aryl methyl sites for hydroxylation is 2. The molecule has 7 aromatic rings. The van der Waals surface area contributed by atoms with Crippen molar-refractivity contribution in [2.24, 2.45) is 0 Å². The number of fused-ring (bicyclic) bond motifs is 7. The van der Waals surface area contributed by atoms with Crippen molar-refractivity contribution in [3.63, 3.8) is 0 Å². The van der Waals surface area contributed by atoms with Gasteiger partial charge in [0.1, 0.15) is 22.2 Å². The average Bonchev–Trinajstić information content (AvgIpc) is 3.63. The molecule has 19 heteroatoms. The lowest BCUT2D eigenvalue weighted by molar-refractivity contribution is 0.0713. The summed E-state index contributed by atoms with van der Waals surface area (Å²) in [7, 11) is 5.23. The lowest BCUT2D eigenvalue weighted by Crippen LogP contribution is -2.15. The Kier molecular flexibility index (Phi) is 10.3. The van der Waals surface area contributed by atoms with Gasteiger partial charge in [0.15, 0.2) is 81.0 Å². The number of benzene rings is 5. The first kappa shape index (κ1) is 41.2. The van der Waals surface area contributed by atoms with Crippen LogP contribution in [0, 0.1) is 46.5 Å². The summed E-state index contributed by atoms with van der Waals surface area (Å²) in [5, 5.41) is 0.371. The zero-order valence-electron chi connectivity index (χ0n) is 32.2. The second-order valence-corrected chi connectivity index (χ2v) is 13.4. The fourth-order valence-electron chi connectivity index (χ4n) is 7.33. The van der Waals surface area contributed by atoms with Gasteiger partial charge in [-0.15, -0.1) is 0 Å². The van der Waals surface area contributed by atoms with E-state index in [1.54, 1.807) is 16.7 Å². The summed E-state index contributed by atoms with van der Waals surface area (Å²) in [6, 6.07) is 10.0. The number of hydrogen-bond donors (Lipinski definition) is 0. The number of rotatable bonds is 9. The van der Waals surface area contributed by atoms with Gasteiger partial charge < -0.3 is 37.4 Å². The van der Waals surface area contributed by atoms with Gasteiger partial charge in [-0.25, -0.2) is 49.5 Å². The minimum absolute atomic E-state index is 0.0272. The molecular formula is C43H25F8NO10. The van der Waals surface area contributed by atoms with Gasteiger partial charge in [-0.2, -0.15) is 0 Å². The third-order valence-corrected chi connectivity index (χ3v) is 10.2. The lowest BCUT2D eigenvalue weighted by Gasteiger charge is -2.23. The van der Waals surface area contributed by atoms with Crippen molar-refractivity contribution in [1.29, 1.82) is 0 Å². The SMILES string of the molecule is COc1cc2c(cc1OC)-c1c(-c3ccc(OC(=O)c4cc(F)c(F)c(F)c4F)c(OC)c3)c3c4cc(OC)c(OC(=O)c5cc(F)c(F)c(F)c5F)cc4oc(=O)c3n1CC2. The first-order chi connectivity index (χ1) is 29.6. The molecule has 0 fully saturated rings. The summed E-state index contributed by atoms with van der Waals surface area (Å²) in [6.07, 6.45) is 0.377. The third-order valence-electron chi connectivity index (χ3n) is 10.2. The summed E-state index contributed by atoms with van der Waals surface area (Å²) < 4.78 is 152. The Hall–Kier alpha value is -7.57. The molecule has 2 aromatic heterocycles. The minimum atomic E-state index is -2.26. The number of nitrogens with zero attached hydrogens (tertiary/aromatic N) is 1. The van der Waals surface area contributed by atoms with Gasteiger partial charge in [0.25, 0.3) is 0 Å². The summed E-state index contributed by atoms with van der Waals surface area (Å²) in [4.78, 5) is 40.1. The number of ether oxygens (including phenoxy) is 6. The fourth-order valence-corrected chi connectivity index (χ4v) is 7.33. The van der Waals surface area contributed by atoms with Crippen LogP contribution in [-0.2, 0) is 13.0 Å². The largest absolute Gasteiger partial charge is 0.493 e. The van der Waals surface area contributed by atoms with Crippen LogP contribution in [0.15, 0.2) is 63.8 Å². The Bertz CT molecular complexity index is 3140. The first-order valence-corrected chi connectivity index (χ1v) is 17.9. The van der Waals surface area contributed by atoms with Gasteiger partial charge >= 0.3 is 17.6 Å². The molecule has 62 heavy (non-hydrogen) atoms. The van der Waals surface area contributed by atoms with E-state index in [0.29, 0.717) is 34.7 Å². The second kappa shape index (κ2) is 15.5. The maximum absolute atomic E-state index is 14.6. The predicted molar refractivity (Wildman–Crippen MR) is 201 cm³/mol. The van der Waals surface area contributed by atoms with E-state index in [1.165, 1.54) is 52.7 Å². The summed E-state index contributed by atoms with van der Waals surface area (Å²) >= 11 is 0. The Morgan fingerprint density at radius 3 is 1.71 bits per heavy atom. The molecule has 0 amide bonds. The highest BCUT2D eigenvalue weighted by molar-refractivity contribution is 6.17. The normalized spacial score (nSPS) is 11.9. The van der Waals surface area contributed by atoms with Crippen molar-refractivity contribution in [2.45, 2.75) is 13.0 Å². The number of carbonyl (C=O) groups excluding carboxylic acids is 2. The van der Waals surface area contributed by atoms with Crippen molar-refractivity contribution in [3.05, 3.63) is 128 Å². The van der Waals surface area contributed by atoms with Gasteiger partial charge in [0, 0.05) is 34.5 Å². The van der Waals surface area contributed by atoms with Crippen LogP contribution in [0.3, 0.4) is 0 Å². The molecule has 0 atom stereocenters. The Morgan fingerprint density at radius 2 is 1.13 bits per heavy atom. The summed E-state index contributed by atoms with van der Waals surface area (Å²) in [5.74, 6) is -20.3. The van der Waals surface area contributed by atoms with Crippen LogP contribution in [0.5, 0.6) is 34.5 Å².